The van der Waals surface area contributed by atoms with Gasteiger partial charge in [0.05, 0.1) is 10.5 Å². The first-order chi connectivity index (χ1) is 15.6. The van der Waals surface area contributed by atoms with Crippen LogP contribution in [0.25, 0.3) is 0 Å². The summed E-state index contributed by atoms with van der Waals surface area (Å²) in [5.41, 5.74) is 3.22. The number of hydrogen-bond acceptors (Lipinski definition) is 3. The Hall–Kier alpha value is -3.12. The van der Waals surface area contributed by atoms with Crippen molar-refractivity contribution in [3.8, 4) is 5.75 Å². The average Bonchev–Trinajstić information content (AvgIpc) is 2.78. The summed E-state index contributed by atoms with van der Waals surface area (Å²) in [5.74, 6) is 0.0831. The van der Waals surface area contributed by atoms with Crippen LogP contribution in [0.2, 0.25) is 0 Å². The third-order valence-electron chi connectivity index (χ3n) is 5.21. The molecule has 6 heteroatoms. The number of carbonyl (C=O) groups excluding carboxylic acids is 2. The number of hydrogen-bond donors (Lipinski definition) is 2. The van der Waals surface area contributed by atoms with Crippen molar-refractivity contribution in [2.45, 2.75) is 39.2 Å². The highest BCUT2D eigenvalue weighted by Crippen LogP contribution is 2.31. The molecule has 0 aliphatic rings. The van der Waals surface area contributed by atoms with Crippen LogP contribution in [0.15, 0.2) is 77.3 Å². The largest absolute Gasteiger partial charge is 0.483 e. The molecule has 0 aromatic heterocycles. The number of carbonyl (C=O) groups is 2. The van der Waals surface area contributed by atoms with Crippen molar-refractivity contribution in [2.75, 3.05) is 11.9 Å². The van der Waals surface area contributed by atoms with Crippen molar-refractivity contribution in [3.05, 3.63) is 94.0 Å². The lowest BCUT2D eigenvalue weighted by Crippen LogP contribution is -2.27. The Morgan fingerprint density at radius 1 is 0.970 bits per heavy atom. The number of amides is 2. The molecule has 0 aliphatic carbocycles. The molecule has 33 heavy (non-hydrogen) atoms. The van der Waals surface area contributed by atoms with Crippen LogP contribution in [0.1, 0.15) is 55.2 Å². The average molecular weight is 509 g/mol. The van der Waals surface area contributed by atoms with E-state index in [0.29, 0.717) is 17.0 Å². The summed E-state index contributed by atoms with van der Waals surface area (Å²) in [6.45, 7) is 8.20. The molecule has 3 rings (SSSR count). The van der Waals surface area contributed by atoms with Crippen molar-refractivity contribution in [2.24, 2.45) is 0 Å². The summed E-state index contributed by atoms with van der Waals surface area (Å²) in [7, 11) is 0. The minimum absolute atomic E-state index is 0.0224. The first-order valence-corrected chi connectivity index (χ1v) is 11.6. The second-order valence-corrected chi connectivity index (χ2v) is 9.77. The zero-order valence-electron chi connectivity index (χ0n) is 19.3. The predicted octanol–water partition coefficient (Wildman–Crippen LogP) is 6.26. The first-order valence-electron chi connectivity index (χ1n) is 10.8. The van der Waals surface area contributed by atoms with Crippen molar-refractivity contribution in [1.29, 1.82) is 0 Å². The Kier molecular flexibility index (Phi) is 7.92. The summed E-state index contributed by atoms with van der Waals surface area (Å²) in [6, 6.07) is 22.3. The zero-order valence-corrected chi connectivity index (χ0v) is 20.9. The van der Waals surface area contributed by atoms with E-state index in [-0.39, 0.29) is 29.9 Å². The minimum atomic E-state index is -0.308. The number of nitrogens with one attached hydrogen (secondary N) is 2. The van der Waals surface area contributed by atoms with E-state index in [1.807, 2.05) is 55.5 Å². The van der Waals surface area contributed by atoms with E-state index in [1.54, 1.807) is 24.3 Å². The third kappa shape index (κ3) is 6.93. The van der Waals surface area contributed by atoms with E-state index in [0.717, 1.165) is 10.0 Å². The molecule has 3 aromatic rings. The van der Waals surface area contributed by atoms with Crippen LogP contribution in [-0.2, 0) is 10.2 Å². The van der Waals surface area contributed by atoms with E-state index in [1.165, 1.54) is 5.56 Å². The molecule has 0 spiro atoms. The molecule has 1 unspecified atom stereocenters. The molecule has 1 atom stereocenters. The highest BCUT2D eigenvalue weighted by Gasteiger charge is 2.16. The number of rotatable bonds is 7. The Bertz CT molecular complexity index is 1120. The molecule has 2 N–H and O–H groups in total. The standard InChI is InChI=1S/C27H29BrN2O3/c1-18(19-9-6-5-7-10-19)29-26(32)20-11-8-12-22(15-20)30-25(31)17-33-24-14-13-21(16-23(24)28)27(2,3)4/h5-16,18H,17H2,1-4H3,(H,29,32)(H,30,31). The minimum Gasteiger partial charge on any atom is -0.483 e. The first kappa shape index (κ1) is 24.5. The normalized spacial score (nSPS) is 12.0. The van der Waals surface area contributed by atoms with Gasteiger partial charge in [0.25, 0.3) is 11.8 Å². The molecule has 0 aliphatic heterocycles. The van der Waals surface area contributed by atoms with Crippen LogP contribution >= 0.6 is 15.9 Å². The van der Waals surface area contributed by atoms with E-state index < -0.39 is 0 Å². The molecular weight excluding hydrogens is 480 g/mol. The summed E-state index contributed by atoms with van der Waals surface area (Å²) in [6.07, 6.45) is 0. The molecule has 5 nitrogen and oxygen atoms in total. The van der Waals surface area contributed by atoms with Gasteiger partial charge < -0.3 is 15.4 Å². The van der Waals surface area contributed by atoms with Gasteiger partial charge >= 0.3 is 0 Å². The van der Waals surface area contributed by atoms with Gasteiger partial charge in [0.2, 0.25) is 0 Å². The molecule has 3 aromatic carbocycles. The summed E-state index contributed by atoms with van der Waals surface area (Å²) in [5, 5.41) is 5.77. The Labute approximate surface area is 203 Å². The van der Waals surface area contributed by atoms with Crippen LogP contribution in [0.4, 0.5) is 5.69 Å². The Morgan fingerprint density at radius 2 is 1.70 bits per heavy atom. The fourth-order valence-corrected chi connectivity index (χ4v) is 3.76. The number of halogens is 1. The van der Waals surface area contributed by atoms with Crippen LogP contribution in [0.3, 0.4) is 0 Å². The van der Waals surface area contributed by atoms with Crippen LogP contribution < -0.4 is 15.4 Å². The van der Waals surface area contributed by atoms with Gasteiger partial charge in [0.15, 0.2) is 6.61 Å². The molecular formula is C27H29BrN2O3. The van der Waals surface area contributed by atoms with E-state index >= 15 is 0 Å². The van der Waals surface area contributed by atoms with Crippen molar-refractivity contribution >= 4 is 33.4 Å². The Balaban J connectivity index is 1.57. The van der Waals surface area contributed by atoms with Crippen molar-refractivity contribution < 1.29 is 14.3 Å². The maximum Gasteiger partial charge on any atom is 0.262 e. The molecule has 0 radical (unpaired) electrons. The van der Waals surface area contributed by atoms with Gasteiger partial charge in [-0.2, -0.15) is 0 Å². The Morgan fingerprint density at radius 3 is 2.36 bits per heavy atom. The van der Waals surface area contributed by atoms with Crippen LogP contribution in [-0.4, -0.2) is 18.4 Å². The second kappa shape index (κ2) is 10.7. The van der Waals surface area contributed by atoms with Crippen LogP contribution in [0.5, 0.6) is 5.75 Å². The highest BCUT2D eigenvalue weighted by molar-refractivity contribution is 9.10. The molecule has 0 saturated carbocycles. The molecule has 0 saturated heterocycles. The van der Waals surface area contributed by atoms with Gasteiger partial charge in [-0.1, -0.05) is 63.2 Å². The molecule has 172 valence electrons. The molecule has 2 amide bonds. The van der Waals surface area contributed by atoms with E-state index in [2.05, 4.69) is 47.3 Å². The van der Waals surface area contributed by atoms with Crippen LogP contribution in [0, 0.1) is 0 Å². The molecule has 0 heterocycles. The summed E-state index contributed by atoms with van der Waals surface area (Å²) >= 11 is 3.52. The monoisotopic (exact) mass is 508 g/mol. The molecule has 0 fully saturated rings. The zero-order chi connectivity index (χ0) is 24.0. The van der Waals surface area contributed by atoms with Gasteiger partial charge in [-0.15, -0.1) is 0 Å². The predicted molar refractivity (Wildman–Crippen MR) is 136 cm³/mol. The smallest absolute Gasteiger partial charge is 0.262 e. The second-order valence-electron chi connectivity index (χ2n) is 8.92. The lowest BCUT2D eigenvalue weighted by molar-refractivity contribution is -0.118. The fraction of sp³-hybridized carbons (Fsp3) is 0.259. The maximum absolute atomic E-state index is 12.7. The van der Waals surface area contributed by atoms with Gasteiger partial charge in [-0.05, 0) is 69.7 Å². The SMILES string of the molecule is CC(NC(=O)c1cccc(NC(=O)COc2ccc(C(C)(C)C)cc2Br)c1)c1ccccc1. The van der Waals surface area contributed by atoms with E-state index in [9.17, 15) is 9.59 Å². The van der Waals surface area contributed by atoms with Gasteiger partial charge in [0, 0.05) is 11.3 Å². The lowest BCUT2D eigenvalue weighted by Gasteiger charge is -2.20. The summed E-state index contributed by atoms with van der Waals surface area (Å²) < 4.78 is 6.48. The highest BCUT2D eigenvalue weighted by atomic mass is 79.9. The number of benzene rings is 3. The maximum atomic E-state index is 12.7. The lowest BCUT2D eigenvalue weighted by atomic mass is 9.87. The fourth-order valence-electron chi connectivity index (χ4n) is 3.27. The topological polar surface area (TPSA) is 67.4 Å². The van der Waals surface area contributed by atoms with Gasteiger partial charge in [-0.3, -0.25) is 9.59 Å². The van der Waals surface area contributed by atoms with Crippen molar-refractivity contribution in [1.82, 2.24) is 5.32 Å². The van der Waals surface area contributed by atoms with Gasteiger partial charge in [0.1, 0.15) is 5.75 Å². The third-order valence-corrected chi connectivity index (χ3v) is 5.83. The number of ether oxygens (including phenoxy) is 1. The van der Waals surface area contributed by atoms with Gasteiger partial charge in [-0.25, -0.2) is 0 Å². The van der Waals surface area contributed by atoms with Crippen molar-refractivity contribution in [3.63, 3.8) is 0 Å². The summed E-state index contributed by atoms with van der Waals surface area (Å²) in [4.78, 5) is 25.1. The quantitative estimate of drug-likeness (QED) is 0.396. The van der Waals surface area contributed by atoms with E-state index in [4.69, 9.17) is 4.74 Å². The molecule has 0 bridgehead atoms. The number of anilines is 1.